The maximum atomic E-state index is 11.2. The Bertz CT molecular complexity index is 471. The molecule has 0 aliphatic heterocycles. The van der Waals surface area contributed by atoms with Crippen molar-refractivity contribution in [2.45, 2.75) is 12.8 Å². The SMILES string of the molecule is O=C(O)c1ccc(CCCl)c(CCCl)c1C(=O)O. The van der Waals surface area contributed by atoms with Crippen LogP contribution in [0.15, 0.2) is 12.1 Å². The Balaban J connectivity index is 3.48. The topological polar surface area (TPSA) is 74.6 Å². The van der Waals surface area contributed by atoms with Gasteiger partial charge in [0.1, 0.15) is 0 Å². The molecule has 0 saturated carbocycles. The van der Waals surface area contributed by atoms with Gasteiger partial charge >= 0.3 is 11.9 Å². The van der Waals surface area contributed by atoms with E-state index in [1.54, 1.807) is 6.07 Å². The molecule has 0 amide bonds. The van der Waals surface area contributed by atoms with Gasteiger partial charge in [0.05, 0.1) is 11.1 Å². The van der Waals surface area contributed by atoms with Gasteiger partial charge in [-0.15, -0.1) is 23.2 Å². The van der Waals surface area contributed by atoms with E-state index < -0.39 is 11.9 Å². The average Bonchev–Trinajstić information content (AvgIpc) is 2.30. The Morgan fingerprint density at radius 1 is 1.00 bits per heavy atom. The van der Waals surface area contributed by atoms with Gasteiger partial charge in [-0.3, -0.25) is 0 Å². The summed E-state index contributed by atoms with van der Waals surface area (Å²) in [6.07, 6.45) is 0.782. The quantitative estimate of drug-likeness (QED) is 0.790. The highest BCUT2D eigenvalue weighted by atomic mass is 35.5. The largest absolute Gasteiger partial charge is 0.478 e. The first-order valence-electron chi connectivity index (χ1n) is 5.26. The molecule has 0 aliphatic rings. The lowest BCUT2D eigenvalue weighted by Gasteiger charge is -2.13. The van der Waals surface area contributed by atoms with Crippen molar-refractivity contribution in [2.24, 2.45) is 0 Å². The van der Waals surface area contributed by atoms with E-state index in [1.165, 1.54) is 6.07 Å². The summed E-state index contributed by atoms with van der Waals surface area (Å²) >= 11 is 11.3. The third-order valence-electron chi connectivity index (χ3n) is 2.56. The summed E-state index contributed by atoms with van der Waals surface area (Å²) < 4.78 is 0. The first-order chi connectivity index (χ1) is 8.52. The molecule has 0 fully saturated rings. The maximum absolute atomic E-state index is 11.2. The van der Waals surface area contributed by atoms with Gasteiger partial charge in [-0.05, 0) is 30.0 Å². The maximum Gasteiger partial charge on any atom is 0.336 e. The number of rotatable bonds is 6. The standard InChI is InChI=1S/C12H12Cl2O4/c13-5-3-7-1-2-9(11(15)16)10(12(17)18)8(7)4-6-14/h1-2H,3-6H2,(H,15,16)(H,17,18). The fraction of sp³-hybridized carbons (Fsp3) is 0.333. The zero-order valence-corrected chi connectivity index (χ0v) is 11.0. The highest BCUT2D eigenvalue weighted by Gasteiger charge is 2.22. The van der Waals surface area contributed by atoms with Crippen LogP contribution in [0.5, 0.6) is 0 Å². The zero-order valence-electron chi connectivity index (χ0n) is 9.45. The summed E-state index contributed by atoms with van der Waals surface area (Å²) in [5.74, 6) is -1.97. The van der Waals surface area contributed by atoms with E-state index in [0.29, 0.717) is 24.3 Å². The molecule has 0 radical (unpaired) electrons. The van der Waals surface area contributed by atoms with E-state index in [1.807, 2.05) is 0 Å². The van der Waals surface area contributed by atoms with Crippen molar-refractivity contribution in [3.05, 3.63) is 34.4 Å². The van der Waals surface area contributed by atoms with E-state index >= 15 is 0 Å². The smallest absolute Gasteiger partial charge is 0.336 e. The molecule has 0 saturated heterocycles. The Morgan fingerprint density at radius 2 is 1.61 bits per heavy atom. The van der Waals surface area contributed by atoms with E-state index in [2.05, 4.69) is 0 Å². The Hall–Kier alpha value is -1.26. The van der Waals surface area contributed by atoms with Crippen LogP contribution in [-0.2, 0) is 12.8 Å². The van der Waals surface area contributed by atoms with E-state index in [-0.39, 0.29) is 17.0 Å². The van der Waals surface area contributed by atoms with Crippen LogP contribution in [-0.4, -0.2) is 33.9 Å². The molecule has 0 unspecified atom stereocenters. The molecular formula is C12H12Cl2O4. The average molecular weight is 291 g/mol. The van der Waals surface area contributed by atoms with Crippen LogP contribution >= 0.6 is 23.2 Å². The van der Waals surface area contributed by atoms with Gasteiger partial charge in [0, 0.05) is 11.8 Å². The van der Waals surface area contributed by atoms with Crippen LogP contribution < -0.4 is 0 Å². The highest BCUT2D eigenvalue weighted by molar-refractivity contribution is 6.18. The summed E-state index contributed by atoms with van der Waals surface area (Å²) in [7, 11) is 0. The molecule has 18 heavy (non-hydrogen) atoms. The van der Waals surface area contributed by atoms with Gasteiger partial charge in [-0.1, -0.05) is 6.07 Å². The van der Waals surface area contributed by atoms with Crippen molar-refractivity contribution in [2.75, 3.05) is 11.8 Å². The van der Waals surface area contributed by atoms with Crippen LogP contribution in [0.3, 0.4) is 0 Å². The third-order valence-corrected chi connectivity index (χ3v) is 2.94. The van der Waals surface area contributed by atoms with Crippen molar-refractivity contribution in [1.82, 2.24) is 0 Å². The van der Waals surface area contributed by atoms with Crippen LogP contribution in [0.25, 0.3) is 0 Å². The fourth-order valence-corrected chi connectivity index (χ4v) is 2.22. The molecule has 0 aromatic heterocycles. The molecule has 6 heteroatoms. The van der Waals surface area contributed by atoms with Gasteiger partial charge in [0.15, 0.2) is 0 Å². The minimum atomic E-state index is -1.26. The van der Waals surface area contributed by atoms with Gasteiger partial charge < -0.3 is 10.2 Å². The van der Waals surface area contributed by atoms with Gasteiger partial charge in [0.2, 0.25) is 0 Å². The van der Waals surface area contributed by atoms with Crippen molar-refractivity contribution >= 4 is 35.1 Å². The summed E-state index contributed by atoms with van der Waals surface area (Å²) in [6.45, 7) is 0. The minimum Gasteiger partial charge on any atom is -0.478 e. The summed E-state index contributed by atoms with van der Waals surface area (Å²) in [5, 5.41) is 18.2. The van der Waals surface area contributed by atoms with E-state index in [4.69, 9.17) is 28.3 Å². The Kier molecular flexibility index (Phi) is 5.44. The molecule has 0 heterocycles. The summed E-state index contributed by atoms with van der Waals surface area (Å²) in [4.78, 5) is 22.3. The number of hydrogen-bond acceptors (Lipinski definition) is 2. The number of aryl methyl sites for hydroxylation is 1. The Morgan fingerprint density at radius 3 is 2.06 bits per heavy atom. The number of carboxylic acid groups (broad SMARTS) is 2. The molecule has 0 bridgehead atoms. The first-order valence-corrected chi connectivity index (χ1v) is 6.33. The second-order valence-electron chi connectivity index (χ2n) is 3.61. The molecule has 0 aliphatic carbocycles. The molecule has 0 atom stereocenters. The molecule has 1 aromatic carbocycles. The van der Waals surface area contributed by atoms with Crippen molar-refractivity contribution in [3.8, 4) is 0 Å². The summed E-state index contributed by atoms with van der Waals surface area (Å²) in [5.41, 5.74) is 0.776. The number of benzene rings is 1. The molecule has 1 aromatic rings. The van der Waals surface area contributed by atoms with Gasteiger partial charge in [-0.25, -0.2) is 9.59 Å². The van der Waals surface area contributed by atoms with Crippen LogP contribution in [0.4, 0.5) is 0 Å². The molecule has 1 rings (SSSR count). The minimum absolute atomic E-state index is 0.189. The molecule has 2 N–H and O–H groups in total. The lowest BCUT2D eigenvalue weighted by Crippen LogP contribution is -2.14. The van der Waals surface area contributed by atoms with Crippen LogP contribution in [0.2, 0.25) is 0 Å². The summed E-state index contributed by atoms with van der Waals surface area (Å²) in [6, 6.07) is 2.89. The number of halogens is 2. The molecule has 4 nitrogen and oxygen atoms in total. The number of aromatic carboxylic acids is 2. The molecule has 0 spiro atoms. The second kappa shape index (κ2) is 6.61. The van der Waals surface area contributed by atoms with Gasteiger partial charge in [-0.2, -0.15) is 0 Å². The van der Waals surface area contributed by atoms with E-state index in [0.717, 1.165) is 5.56 Å². The Labute approximate surface area is 114 Å². The lowest BCUT2D eigenvalue weighted by molar-refractivity contribution is 0.0650. The number of carboxylic acids is 2. The third kappa shape index (κ3) is 3.15. The van der Waals surface area contributed by atoms with Crippen LogP contribution in [0, 0.1) is 0 Å². The van der Waals surface area contributed by atoms with E-state index in [9.17, 15) is 14.7 Å². The predicted molar refractivity (Wildman–Crippen MR) is 69.2 cm³/mol. The zero-order chi connectivity index (χ0) is 13.7. The predicted octanol–water partition coefficient (Wildman–Crippen LogP) is 2.65. The van der Waals surface area contributed by atoms with Crippen molar-refractivity contribution in [1.29, 1.82) is 0 Å². The fourth-order valence-electron chi connectivity index (χ4n) is 1.83. The molecule has 98 valence electrons. The number of hydrogen-bond donors (Lipinski definition) is 2. The lowest BCUT2D eigenvalue weighted by atomic mass is 9.93. The number of alkyl halides is 2. The normalized spacial score (nSPS) is 10.3. The van der Waals surface area contributed by atoms with Crippen molar-refractivity contribution < 1.29 is 19.8 Å². The highest BCUT2D eigenvalue weighted by Crippen LogP contribution is 2.22. The van der Waals surface area contributed by atoms with Crippen LogP contribution in [0.1, 0.15) is 31.8 Å². The van der Waals surface area contributed by atoms with Crippen molar-refractivity contribution in [3.63, 3.8) is 0 Å². The second-order valence-corrected chi connectivity index (χ2v) is 4.37. The van der Waals surface area contributed by atoms with Gasteiger partial charge in [0.25, 0.3) is 0 Å². The monoisotopic (exact) mass is 290 g/mol. The first kappa shape index (κ1) is 14.8. The number of carbonyl (C=O) groups is 2. The molecular weight excluding hydrogens is 279 g/mol.